The van der Waals surface area contributed by atoms with Gasteiger partial charge in [-0.3, -0.25) is 9.59 Å². The first-order valence-electron chi connectivity index (χ1n) is 9.13. The Kier molecular flexibility index (Phi) is 6.52. The zero-order valence-corrected chi connectivity index (χ0v) is 16.2. The maximum absolute atomic E-state index is 12.2. The van der Waals surface area contributed by atoms with Crippen LogP contribution in [0, 0.1) is 0 Å². The fraction of sp³-hybridized carbons (Fsp3) is 0.182. The zero-order chi connectivity index (χ0) is 20.6. The van der Waals surface area contributed by atoms with Crippen molar-refractivity contribution in [3.05, 3.63) is 72.2 Å². The predicted octanol–water partition coefficient (Wildman–Crippen LogP) is 4.12. The summed E-state index contributed by atoms with van der Waals surface area (Å²) >= 11 is 0. The van der Waals surface area contributed by atoms with E-state index in [9.17, 15) is 9.59 Å². The maximum Gasteiger partial charge on any atom is 0.291 e. The maximum atomic E-state index is 12.2. The highest BCUT2D eigenvalue weighted by atomic mass is 16.5. The van der Waals surface area contributed by atoms with Crippen molar-refractivity contribution in [2.75, 3.05) is 24.4 Å². The van der Waals surface area contributed by atoms with Crippen LogP contribution in [0.5, 0.6) is 11.5 Å². The number of hydrogen-bond donors (Lipinski definition) is 2. The van der Waals surface area contributed by atoms with Crippen LogP contribution >= 0.6 is 0 Å². The number of carbonyl (C=O) groups excluding carboxylic acids is 2. The minimum absolute atomic E-state index is 0.120. The average Bonchev–Trinajstić information content (AvgIpc) is 3.29. The van der Waals surface area contributed by atoms with Gasteiger partial charge < -0.3 is 24.5 Å². The Balaban J connectivity index is 1.58. The first-order chi connectivity index (χ1) is 14.1. The summed E-state index contributed by atoms with van der Waals surface area (Å²) in [5.41, 5.74) is 2.18. The van der Waals surface area contributed by atoms with Gasteiger partial charge in [-0.25, -0.2) is 0 Å². The van der Waals surface area contributed by atoms with Crippen LogP contribution in [0.15, 0.2) is 65.3 Å². The molecule has 0 radical (unpaired) electrons. The molecule has 3 aromatic rings. The van der Waals surface area contributed by atoms with Crippen LogP contribution in [0.25, 0.3) is 0 Å². The smallest absolute Gasteiger partial charge is 0.291 e. The fourth-order valence-corrected chi connectivity index (χ4v) is 2.63. The standard InChI is InChI=1S/C22H22N2O5/c1-3-15-6-9-17(10-7-15)29-14-21(25)23-16-8-11-18(20(13-16)27-2)24-22(26)19-5-4-12-28-19/h4-13H,3,14H2,1-2H3,(H,23,25)(H,24,26). The van der Waals surface area contributed by atoms with Crippen LogP contribution in [0.4, 0.5) is 11.4 Å². The van der Waals surface area contributed by atoms with Gasteiger partial charge in [0.2, 0.25) is 0 Å². The van der Waals surface area contributed by atoms with Crippen molar-refractivity contribution < 1.29 is 23.5 Å². The molecule has 150 valence electrons. The highest BCUT2D eigenvalue weighted by Crippen LogP contribution is 2.28. The molecule has 2 N–H and O–H groups in total. The second-order valence-corrected chi connectivity index (χ2v) is 6.18. The van der Waals surface area contributed by atoms with Gasteiger partial charge in [-0.2, -0.15) is 0 Å². The highest BCUT2D eigenvalue weighted by Gasteiger charge is 2.13. The molecule has 2 aromatic carbocycles. The van der Waals surface area contributed by atoms with Crippen molar-refractivity contribution >= 4 is 23.2 Å². The van der Waals surface area contributed by atoms with Crippen molar-refractivity contribution in [1.82, 2.24) is 0 Å². The molecule has 0 bridgehead atoms. The minimum Gasteiger partial charge on any atom is -0.494 e. The van der Waals surface area contributed by atoms with Crippen molar-refractivity contribution in [3.8, 4) is 11.5 Å². The summed E-state index contributed by atoms with van der Waals surface area (Å²) in [7, 11) is 1.48. The van der Waals surface area contributed by atoms with Gasteiger partial charge in [-0.05, 0) is 48.4 Å². The minimum atomic E-state index is -0.396. The third kappa shape index (κ3) is 5.38. The van der Waals surface area contributed by atoms with Crippen molar-refractivity contribution in [2.45, 2.75) is 13.3 Å². The average molecular weight is 394 g/mol. The Bertz CT molecular complexity index is 965. The number of furan rings is 1. The normalized spacial score (nSPS) is 10.3. The van der Waals surface area contributed by atoms with Gasteiger partial charge in [-0.1, -0.05) is 19.1 Å². The molecule has 0 atom stereocenters. The van der Waals surface area contributed by atoms with Crippen molar-refractivity contribution in [2.24, 2.45) is 0 Å². The Morgan fingerprint density at radius 1 is 1.03 bits per heavy atom. The molecule has 7 heteroatoms. The quantitative estimate of drug-likeness (QED) is 0.600. The molecule has 7 nitrogen and oxygen atoms in total. The molecular weight excluding hydrogens is 372 g/mol. The largest absolute Gasteiger partial charge is 0.494 e. The zero-order valence-electron chi connectivity index (χ0n) is 16.2. The van der Waals surface area contributed by atoms with Crippen LogP contribution in [-0.2, 0) is 11.2 Å². The van der Waals surface area contributed by atoms with E-state index < -0.39 is 5.91 Å². The van der Waals surface area contributed by atoms with Crippen molar-refractivity contribution in [3.63, 3.8) is 0 Å². The van der Waals surface area contributed by atoms with E-state index in [4.69, 9.17) is 13.9 Å². The highest BCUT2D eigenvalue weighted by molar-refractivity contribution is 6.03. The molecule has 0 fully saturated rings. The number of benzene rings is 2. The lowest BCUT2D eigenvalue weighted by Crippen LogP contribution is -2.20. The number of amides is 2. The molecule has 3 rings (SSSR count). The first kappa shape index (κ1) is 20.0. The van der Waals surface area contributed by atoms with Gasteiger partial charge in [0.25, 0.3) is 11.8 Å². The Morgan fingerprint density at radius 2 is 1.83 bits per heavy atom. The van der Waals surface area contributed by atoms with Crippen LogP contribution in [0.3, 0.4) is 0 Å². The topological polar surface area (TPSA) is 89.8 Å². The van der Waals surface area contributed by atoms with Crippen molar-refractivity contribution in [1.29, 1.82) is 0 Å². The SMILES string of the molecule is CCc1ccc(OCC(=O)Nc2ccc(NC(=O)c3ccco3)c(OC)c2)cc1. The molecule has 0 saturated carbocycles. The summed E-state index contributed by atoms with van der Waals surface area (Å²) in [6, 6.07) is 15.7. The molecule has 2 amide bonds. The van der Waals surface area contributed by atoms with E-state index in [-0.39, 0.29) is 18.3 Å². The lowest BCUT2D eigenvalue weighted by atomic mass is 10.2. The van der Waals surface area contributed by atoms with E-state index in [1.54, 1.807) is 30.3 Å². The number of ether oxygens (including phenoxy) is 2. The first-order valence-corrected chi connectivity index (χ1v) is 9.13. The second-order valence-electron chi connectivity index (χ2n) is 6.18. The number of aryl methyl sites for hydroxylation is 1. The number of anilines is 2. The van der Waals surface area contributed by atoms with Gasteiger partial charge in [0, 0.05) is 11.8 Å². The Hall–Kier alpha value is -3.74. The van der Waals surface area contributed by atoms with Crippen LogP contribution in [-0.4, -0.2) is 25.5 Å². The fourth-order valence-electron chi connectivity index (χ4n) is 2.63. The van der Waals surface area contributed by atoms with Gasteiger partial charge in [0.1, 0.15) is 11.5 Å². The number of nitrogens with one attached hydrogen (secondary N) is 2. The van der Waals surface area contributed by atoms with Crippen LogP contribution in [0.2, 0.25) is 0 Å². The number of methoxy groups -OCH3 is 1. The van der Waals surface area contributed by atoms with E-state index in [2.05, 4.69) is 17.6 Å². The molecule has 0 saturated heterocycles. The lowest BCUT2D eigenvalue weighted by molar-refractivity contribution is -0.118. The number of carbonyl (C=O) groups is 2. The van der Waals surface area contributed by atoms with Gasteiger partial charge in [-0.15, -0.1) is 0 Å². The van der Waals surface area contributed by atoms with E-state index >= 15 is 0 Å². The summed E-state index contributed by atoms with van der Waals surface area (Å²) in [5, 5.41) is 5.45. The van der Waals surface area contributed by atoms with Gasteiger partial charge in [0.05, 0.1) is 19.1 Å². The van der Waals surface area contributed by atoms with Gasteiger partial charge in [0.15, 0.2) is 12.4 Å². The third-order valence-electron chi connectivity index (χ3n) is 4.18. The molecule has 1 heterocycles. The molecule has 0 aliphatic rings. The summed E-state index contributed by atoms with van der Waals surface area (Å²) in [6.45, 7) is 1.95. The van der Waals surface area contributed by atoms with E-state index in [0.717, 1.165) is 6.42 Å². The molecular formula is C22H22N2O5. The number of rotatable bonds is 8. The Labute approximate surface area is 168 Å². The molecule has 1 aromatic heterocycles. The van der Waals surface area contributed by atoms with E-state index in [1.807, 2.05) is 24.3 Å². The van der Waals surface area contributed by atoms with Crippen LogP contribution < -0.4 is 20.1 Å². The summed E-state index contributed by atoms with van der Waals surface area (Å²) in [5.74, 6) is 0.518. The molecule has 0 unspecified atom stereocenters. The Morgan fingerprint density at radius 3 is 2.48 bits per heavy atom. The third-order valence-corrected chi connectivity index (χ3v) is 4.18. The number of hydrogen-bond acceptors (Lipinski definition) is 5. The van der Waals surface area contributed by atoms with Gasteiger partial charge >= 0.3 is 0 Å². The summed E-state index contributed by atoms with van der Waals surface area (Å²) < 4.78 is 15.9. The molecule has 0 aliphatic carbocycles. The molecule has 0 aliphatic heterocycles. The second kappa shape index (κ2) is 9.45. The lowest BCUT2D eigenvalue weighted by Gasteiger charge is -2.12. The van der Waals surface area contributed by atoms with E-state index in [0.29, 0.717) is 22.9 Å². The monoisotopic (exact) mass is 394 g/mol. The predicted molar refractivity (Wildman–Crippen MR) is 110 cm³/mol. The molecule has 29 heavy (non-hydrogen) atoms. The summed E-state index contributed by atoms with van der Waals surface area (Å²) in [6.07, 6.45) is 2.37. The van der Waals surface area contributed by atoms with Crippen LogP contribution in [0.1, 0.15) is 23.0 Å². The van der Waals surface area contributed by atoms with E-state index in [1.165, 1.54) is 18.9 Å². The summed E-state index contributed by atoms with van der Waals surface area (Å²) in [4.78, 5) is 24.3. The molecule has 0 spiro atoms.